The molecule has 0 saturated heterocycles. The summed E-state index contributed by atoms with van der Waals surface area (Å²) in [6.45, 7) is 0.413. The minimum Gasteiger partial charge on any atom is -0.489 e. The summed E-state index contributed by atoms with van der Waals surface area (Å²) in [7, 11) is 0. The predicted octanol–water partition coefficient (Wildman–Crippen LogP) is 4.53. The van der Waals surface area contributed by atoms with Gasteiger partial charge < -0.3 is 4.74 Å². The Hall–Kier alpha value is -1.69. The highest BCUT2D eigenvalue weighted by Gasteiger charge is 2.07. The molecule has 0 N–H and O–H groups in total. The van der Waals surface area contributed by atoms with Crippen LogP contribution in [0.4, 0.5) is 0 Å². The van der Waals surface area contributed by atoms with Crippen LogP contribution in [0.25, 0.3) is 0 Å². The number of nitriles is 1. The second kappa shape index (κ2) is 6.47. The highest BCUT2D eigenvalue weighted by molar-refractivity contribution is 6.32. The second-order valence-electron chi connectivity index (χ2n) is 3.95. The van der Waals surface area contributed by atoms with E-state index in [4.69, 9.17) is 33.2 Å². The summed E-state index contributed by atoms with van der Waals surface area (Å²) in [6, 6.07) is 14.8. The Kier molecular flexibility index (Phi) is 4.68. The Morgan fingerprint density at radius 1 is 1.11 bits per heavy atom. The third-order valence-corrected chi connectivity index (χ3v) is 3.31. The van der Waals surface area contributed by atoms with E-state index in [-0.39, 0.29) is 0 Å². The van der Waals surface area contributed by atoms with Gasteiger partial charge in [0.2, 0.25) is 0 Å². The zero-order valence-corrected chi connectivity index (χ0v) is 11.6. The Labute approximate surface area is 122 Å². The Balaban J connectivity index is 2.10. The van der Waals surface area contributed by atoms with Crippen LogP contribution in [-0.4, -0.2) is 0 Å². The van der Waals surface area contributed by atoms with Crippen molar-refractivity contribution in [2.24, 2.45) is 0 Å². The van der Waals surface area contributed by atoms with Crippen LogP contribution in [0.5, 0.6) is 5.75 Å². The van der Waals surface area contributed by atoms with Crippen LogP contribution in [0.3, 0.4) is 0 Å². The molecule has 2 rings (SSSR count). The van der Waals surface area contributed by atoms with Gasteiger partial charge in [-0.1, -0.05) is 29.8 Å². The fraction of sp³-hybridized carbons (Fsp3) is 0.133. The number of benzene rings is 2. The molecule has 2 aromatic rings. The number of hydrogen-bond donors (Lipinski definition) is 0. The molecule has 0 radical (unpaired) electrons. The van der Waals surface area contributed by atoms with Crippen molar-refractivity contribution in [1.29, 1.82) is 5.26 Å². The molecule has 4 heteroatoms. The molecule has 0 spiro atoms. The fourth-order valence-corrected chi connectivity index (χ4v) is 2.22. The van der Waals surface area contributed by atoms with Gasteiger partial charge in [-0.15, -0.1) is 11.6 Å². The minimum absolute atomic E-state index is 0.308. The SMILES string of the molecule is N#Cc1ccc(COc2cccc(Cl)c2CCl)cc1. The van der Waals surface area contributed by atoms with Gasteiger partial charge in [0.05, 0.1) is 17.5 Å². The number of hydrogen-bond acceptors (Lipinski definition) is 2. The van der Waals surface area contributed by atoms with E-state index in [0.717, 1.165) is 11.1 Å². The Morgan fingerprint density at radius 2 is 1.84 bits per heavy atom. The summed E-state index contributed by atoms with van der Waals surface area (Å²) in [5.74, 6) is 0.995. The highest BCUT2D eigenvalue weighted by atomic mass is 35.5. The number of ether oxygens (including phenoxy) is 1. The second-order valence-corrected chi connectivity index (χ2v) is 4.62. The first-order valence-corrected chi connectivity index (χ1v) is 6.61. The van der Waals surface area contributed by atoms with Gasteiger partial charge in [-0.3, -0.25) is 0 Å². The van der Waals surface area contributed by atoms with Crippen molar-refractivity contribution in [1.82, 2.24) is 0 Å². The molecule has 0 aliphatic rings. The first kappa shape index (κ1) is 13.7. The molecule has 0 bridgehead atoms. The van der Waals surface area contributed by atoms with E-state index >= 15 is 0 Å². The first-order chi connectivity index (χ1) is 9.24. The molecule has 0 amide bonds. The fourth-order valence-electron chi connectivity index (χ4n) is 1.64. The molecule has 0 aromatic heterocycles. The van der Waals surface area contributed by atoms with E-state index in [1.165, 1.54) is 0 Å². The summed E-state index contributed by atoms with van der Waals surface area (Å²) in [5.41, 5.74) is 2.41. The van der Waals surface area contributed by atoms with E-state index in [9.17, 15) is 0 Å². The summed E-state index contributed by atoms with van der Waals surface area (Å²) < 4.78 is 5.72. The molecule has 0 saturated carbocycles. The molecular formula is C15H11Cl2NO. The largest absolute Gasteiger partial charge is 0.489 e. The van der Waals surface area contributed by atoms with Crippen molar-refractivity contribution >= 4 is 23.2 Å². The third-order valence-electron chi connectivity index (χ3n) is 2.69. The molecule has 0 fully saturated rings. The maximum Gasteiger partial charge on any atom is 0.125 e. The summed E-state index contributed by atoms with van der Waals surface area (Å²) >= 11 is 11.9. The summed E-state index contributed by atoms with van der Waals surface area (Å²) in [5, 5.41) is 9.33. The zero-order valence-electron chi connectivity index (χ0n) is 10.1. The van der Waals surface area contributed by atoms with Gasteiger partial charge >= 0.3 is 0 Å². The van der Waals surface area contributed by atoms with Crippen LogP contribution >= 0.6 is 23.2 Å². The normalized spacial score (nSPS) is 9.95. The van der Waals surface area contributed by atoms with Gasteiger partial charge in [-0.25, -0.2) is 0 Å². The highest BCUT2D eigenvalue weighted by Crippen LogP contribution is 2.28. The lowest BCUT2D eigenvalue weighted by atomic mass is 10.1. The maximum absolute atomic E-state index is 8.72. The molecule has 0 unspecified atom stereocenters. The monoisotopic (exact) mass is 291 g/mol. The number of nitrogens with zero attached hydrogens (tertiary/aromatic N) is 1. The van der Waals surface area contributed by atoms with Gasteiger partial charge in [0.25, 0.3) is 0 Å². The summed E-state index contributed by atoms with van der Waals surface area (Å²) in [4.78, 5) is 0. The lowest BCUT2D eigenvalue weighted by molar-refractivity contribution is 0.304. The predicted molar refractivity (Wildman–Crippen MR) is 76.5 cm³/mol. The van der Waals surface area contributed by atoms with Gasteiger partial charge in [-0.05, 0) is 29.8 Å². The van der Waals surface area contributed by atoms with Gasteiger partial charge in [0.15, 0.2) is 0 Å². The van der Waals surface area contributed by atoms with Crippen LogP contribution in [0.1, 0.15) is 16.7 Å². The number of rotatable bonds is 4. The lowest BCUT2D eigenvalue weighted by Crippen LogP contribution is -1.98. The van der Waals surface area contributed by atoms with Gasteiger partial charge in [0, 0.05) is 10.6 Å². The molecule has 0 aliphatic carbocycles. The molecule has 19 heavy (non-hydrogen) atoms. The molecule has 2 nitrogen and oxygen atoms in total. The van der Waals surface area contributed by atoms with Gasteiger partial charge in [-0.2, -0.15) is 5.26 Å². The van der Waals surface area contributed by atoms with E-state index < -0.39 is 0 Å². The van der Waals surface area contributed by atoms with Crippen LogP contribution in [0.2, 0.25) is 5.02 Å². The molecule has 96 valence electrons. The van der Waals surface area contributed by atoms with E-state index in [2.05, 4.69) is 6.07 Å². The smallest absolute Gasteiger partial charge is 0.125 e. The van der Waals surface area contributed by atoms with Crippen molar-refractivity contribution in [3.63, 3.8) is 0 Å². The number of halogens is 2. The molecular weight excluding hydrogens is 281 g/mol. The van der Waals surface area contributed by atoms with E-state index in [1.54, 1.807) is 18.2 Å². The average Bonchev–Trinajstić information content (AvgIpc) is 2.45. The Bertz CT molecular complexity index is 603. The van der Waals surface area contributed by atoms with Crippen LogP contribution in [-0.2, 0) is 12.5 Å². The topological polar surface area (TPSA) is 33.0 Å². The van der Waals surface area contributed by atoms with Gasteiger partial charge in [0.1, 0.15) is 12.4 Å². The molecule has 2 aromatic carbocycles. The quantitative estimate of drug-likeness (QED) is 0.776. The molecule has 0 atom stereocenters. The van der Waals surface area contributed by atoms with Crippen molar-refractivity contribution in [2.45, 2.75) is 12.5 Å². The minimum atomic E-state index is 0.308. The van der Waals surface area contributed by atoms with Crippen LogP contribution < -0.4 is 4.74 Å². The first-order valence-electron chi connectivity index (χ1n) is 5.70. The Morgan fingerprint density at radius 3 is 2.47 bits per heavy atom. The molecule has 0 heterocycles. The third kappa shape index (κ3) is 3.41. The van der Waals surface area contributed by atoms with Crippen LogP contribution in [0.15, 0.2) is 42.5 Å². The van der Waals surface area contributed by atoms with Crippen molar-refractivity contribution < 1.29 is 4.74 Å². The van der Waals surface area contributed by atoms with Crippen molar-refractivity contribution in [2.75, 3.05) is 0 Å². The van der Waals surface area contributed by atoms with Crippen molar-refractivity contribution in [3.8, 4) is 11.8 Å². The lowest BCUT2D eigenvalue weighted by Gasteiger charge is -2.11. The standard InChI is InChI=1S/C15H11Cl2NO/c16-8-13-14(17)2-1-3-15(13)19-10-12-6-4-11(9-18)5-7-12/h1-7H,8,10H2. The van der Waals surface area contributed by atoms with E-state index in [1.807, 2.05) is 24.3 Å². The zero-order chi connectivity index (χ0) is 13.7. The average molecular weight is 292 g/mol. The van der Waals surface area contributed by atoms with E-state index in [0.29, 0.717) is 28.8 Å². The number of alkyl halides is 1. The van der Waals surface area contributed by atoms with Crippen molar-refractivity contribution in [3.05, 3.63) is 64.2 Å². The summed E-state index contributed by atoms with van der Waals surface area (Å²) in [6.07, 6.45) is 0. The maximum atomic E-state index is 8.72. The van der Waals surface area contributed by atoms with Crippen LogP contribution in [0, 0.1) is 11.3 Å². The molecule has 0 aliphatic heterocycles.